The quantitative estimate of drug-likeness (QED) is 0.580. The molecular formula is C17H16N4O2. The first kappa shape index (κ1) is 16.0. The molecule has 0 aliphatic carbocycles. The topological polar surface area (TPSA) is 112 Å². The summed E-state index contributed by atoms with van der Waals surface area (Å²) >= 11 is 0. The Morgan fingerprint density at radius 1 is 1.48 bits per heavy atom. The Hall–Kier alpha value is -3.33. The lowest BCUT2D eigenvalue weighted by atomic mass is 9.99. The molecule has 0 radical (unpaired) electrons. The lowest BCUT2D eigenvalue weighted by Crippen LogP contribution is -2.26. The van der Waals surface area contributed by atoms with Gasteiger partial charge < -0.3 is 16.2 Å². The van der Waals surface area contributed by atoms with Crippen molar-refractivity contribution in [1.82, 2.24) is 10.3 Å². The average molecular weight is 308 g/mol. The highest BCUT2D eigenvalue weighted by molar-refractivity contribution is 5.77. The minimum atomic E-state index is -1.11. The summed E-state index contributed by atoms with van der Waals surface area (Å²) in [6, 6.07) is 8.45. The number of amides is 1. The van der Waals surface area contributed by atoms with E-state index in [0.29, 0.717) is 23.2 Å². The largest absolute Gasteiger partial charge is 0.465 e. The summed E-state index contributed by atoms with van der Waals surface area (Å²) in [5.74, 6) is 0. The van der Waals surface area contributed by atoms with Crippen molar-refractivity contribution >= 4 is 11.8 Å². The fourth-order valence-electron chi connectivity index (χ4n) is 2.28. The van der Waals surface area contributed by atoms with Gasteiger partial charge in [0, 0.05) is 29.2 Å². The van der Waals surface area contributed by atoms with Crippen LogP contribution in [0.1, 0.15) is 23.6 Å². The molecule has 1 aromatic carbocycles. The van der Waals surface area contributed by atoms with E-state index in [1.807, 2.05) is 12.1 Å². The van der Waals surface area contributed by atoms with Crippen molar-refractivity contribution in [3.63, 3.8) is 0 Å². The van der Waals surface area contributed by atoms with Gasteiger partial charge in [0.15, 0.2) is 0 Å². The summed E-state index contributed by atoms with van der Waals surface area (Å²) in [5.41, 5.74) is 9.15. The normalized spacial score (nSPS) is 11.3. The Kier molecular flexibility index (Phi) is 4.95. The van der Waals surface area contributed by atoms with Gasteiger partial charge in [-0.3, -0.25) is 4.98 Å². The fraction of sp³-hybridized carbons (Fsp3) is 0.118. The maximum atomic E-state index is 10.9. The van der Waals surface area contributed by atoms with E-state index in [-0.39, 0.29) is 0 Å². The Balaban J connectivity index is 2.41. The molecule has 0 bridgehead atoms. The van der Waals surface area contributed by atoms with Crippen LogP contribution >= 0.6 is 0 Å². The van der Waals surface area contributed by atoms with Crippen molar-refractivity contribution in [2.45, 2.75) is 12.5 Å². The maximum Gasteiger partial charge on any atom is 0.405 e. The van der Waals surface area contributed by atoms with Gasteiger partial charge in [0.05, 0.1) is 17.7 Å². The van der Waals surface area contributed by atoms with Crippen molar-refractivity contribution in [3.8, 4) is 17.2 Å². The number of anilines is 1. The van der Waals surface area contributed by atoms with E-state index in [1.165, 1.54) is 0 Å². The van der Waals surface area contributed by atoms with Crippen molar-refractivity contribution in [3.05, 3.63) is 60.4 Å². The summed E-state index contributed by atoms with van der Waals surface area (Å²) in [5, 5.41) is 20.3. The van der Waals surface area contributed by atoms with Crippen LogP contribution in [0.15, 0.2) is 49.3 Å². The van der Waals surface area contributed by atoms with Crippen LogP contribution in [-0.2, 0) is 0 Å². The number of benzene rings is 1. The lowest BCUT2D eigenvalue weighted by molar-refractivity contribution is 0.190. The fourth-order valence-corrected chi connectivity index (χ4v) is 2.28. The number of pyridine rings is 1. The van der Waals surface area contributed by atoms with Crippen molar-refractivity contribution < 1.29 is 9.90 Å². The van der Waals surface area contributed by atoms with Crippen molar-refractivity contribution in [2.24, 2.45) is 0 Å². The second-order valence-electron chi connectivity index (χ2n) is 4.95. The average Bonchev–Trinajstić information content (AvgIpc) is 2.54. The minimum Gasteiger partial charge on any atom is -0.465 e. The third-order valence-corrected chi connectivity index (χ3v) is 3.35. The van der Waals surface area contributed by atoms with Crippen LogP contribution in [0.3, 0.4) is 0 Å². The van der Waals surface area contributed by atoms with Gasteiger partial charge in [0.2, 0.25) is 0 Å². The standard InChI is InChI=1S/C17H16N4O2/c1-2-3-16(21-17(22)23)13-7-12(9-20-10-13)14-5-4-11(8-18)6-15(14)19/h2,4-7,9-10,16,21H,1,3,19H2,(H,22,23). The van der Waals surface area contributed by atoms with Crippen LogP contribution in [0.4, 0.5) is 10.5 Å². The number of hydrogen-bond donors (Lipinski definition) is 3. The third-order valence-electron chi connectivity index (χ3n) is 3.35. The molecule has 0 fully saturated rings. The molecule has 1 amide bonds. The summed E-state index contributed by atoms with van der Waals surface area (Å²) in [6.45, 7) is 3.64. The SMILES string of the molecule is C=CCC(NC(=O)O)c1cncc(-c2ccc(C#N)cc2N)c1. The van der Waals surface area contributed by atoms with Crippen LogP contribution < -0.4 is 11.1 Å². The first-order valence-corrected chi connectivity index (χ1v) is 6.90. The number of nitrogens with zero attached hydrogens (tertiary/aromatic N) is 2. The second kappa shape index (κ2) is 7.09. The van der Waals surface area contributed by atoms with Gasteiger partial charge in [0.25, 0.3) is 0 Å². The highest BCUT2D eigenvalue weighted by atomic mass is 16.4. The monoisotopic (exact) mass is 308 g/mol. The van der Waals surface area contributed by atoms with Gasteiger partial charge in [-0.25, -0.2) is 4.79 Å². The molecule has 0 aliphatic rings. The molecule has 6 nitrogen and oxygen atoms in total. The maximum absolute atomic E-state index is 10.9. The zero-order valence-corrected chi connectivity index (χ0v) is 12.4. The van der Waals surface area contributed by atoms with Crippen LogP contribution in [0.5, 0.6) is 0 Å². The molecule has 0 saturated heterocycles. The molecule has 0 spiro atoms. The smallest absolute Gasteiger partial charge is 0.405 e. The summed E-state index contributed by atoms with van der Waals surface area (Å²) < 4.78 is 0. The Morgan fingerprint density at radius 2 is 2.26 bits per heavy atom. The van der Waals surface area contributed by atoms with E-state index in [9.17, 15) is 4.79 Å². The number of nitriles is 1. The van der Waals surface area contributed by atoms with E-state index in [1.54, 1.807) is 36.7 Å². The van der Waals surface area contributed by atoms with Gasteiger partial charge in [-0.15, -0.1) is 6.58 Å². The number of aromatic nitrogens is 1. The zero-order valence-electron chi connectivity index (χ0n) is 12.4. The molecule has 6 heteroatoms. The van der Waals surface area contributed by atoms with E-state index in [2.05, 4.69) is 16.9 Å². The van der Waals surface area contributed by atoms with Crippen molar-refractivity contribution in [1.29, 1.82) is 5.26 Å². The van der Waals surface area contributed by atoms with E-state index >= 15 is 0 Å². The summed E-state index contributed by atoms with van der Waals surface area (Å²) in [7, 11) is 0. The number of nitrogens with two attached hydrogens (primary N) is 1. The first-order chi connectivity index (χ1) is 11.0. The molecule has 23 heavy (non-hydrogen) atoms. The van der Waals surface area contributed by atoms with Crippen LogP contribution in [0.2, 0.25) is 0 Å². The number of carboxylic acid groups (broad SMARTS) is 1. The highest BCUT2D eigenvalue weighted by Gasteiger charge is 2.14. The molecule has 116 valence electrons. The zero-order chi connectivity index (χ0) is 16.8. The number of nitrogens with one attached hydrogen (secondary N) is 1. The molecule has 4 N–H and O–H groups in total. The first-order valence-electron chi connectivity index (χ1n) is 6.90. The summed E-state index contributed by atoms with van der Waals surface area (Å²) in [6.07, 6.45) is 4.23. The molecule has 1 unspecified atom stereocenters. The molecular weight excluding hydrogens is 292 g/mol. The van der Waals surface area contributed by atoms with Gasteiger partial charge >= 0.3 is 6.09 Å². The Bertz CT molecular complexity index is 780. The number of carbonyl (C=O) groups is 1. The predicted molar refractivity (Wildman–Crippen MR) is 87.5 cm³/mol. The van der Waals surface area contributed by atoms with Crippen LogP contribution in [0.25, 0.3) is 11.1 Å². The van der Waals surface area contributed by atoms with Gasteiger partial charge in [-0.05, 0) is 30.2 Å². The van der Waals surface area contributed by atoms with Gasteiger partial charge in [0.1, 0.15) is 0 Å². The molecule has 0 saturated carbocycles. The lowest BCUT2D eigenvalue weighted by Gasteiger charge is -2.16. The van der Waals surface area contributed by atoms with E-state index < -0.39 is 12.1 Å². The second-order valence-corrected chi connectivity index (χ2v) is 4.95. The molecule has 1 heterocycles. The van der Waals surface area contributed by atoms with Gasteiger partial charge in [-0.1, -0.05) is 12.1 Å². The molecule has 2 aromatic rings. The number of hydrogen-bond acceptors (Lipinski definition) is 4. The minimum absolute atomic E-state index is 0.433. The number of nitrogen functional groups attached to an aromatic ring is 1. The van der Waals surface area contributed by atoms with Crippen molar-refractivity contribution in [2.75, 3.05) is 5.73 Å². The summed E-state index contributed by atoms with van der Waals surface area (Å²) in [4.78, 5) is 15.1. The van der Waals surface area contributed by atoms with E-state index in [0.717, 1.165) is 11.1 Å². The Labute approximate surface area is 133 Å². The molecule has 0 aliphatic heterocycles. The molecule has 1 atom stereocenters. The van der Waals surface area contributed by atoms with Crippen LogP contribution in [0, 0.1) is 11.3 Å². The number of rotatable bonds is 5. The Morgan fingerprint density at radius 3 is 2.87 bits per heavy atom. The molecule has 2 rings (SSSR count). The molecule has 1 aromatic heterocycles. The van der Waals surface area contributed by atoms with Gasteiger partial charge in [-0.2, -0.15) is 5.26 Å². The van der Waals surface area contributed by atoms with Crippen LogP contribution in [-0.4, -0.2) is 16.2 Å². The third kappa shape index (κ3) is 3.86. The highest BCUT2D eigenvalue weighted by Crippen LogP contribution is 2.28. The van der Waals surface area contributed by atoms with E-state index in [4.69, 9.17) is 16.1 Å². The predicted octanol–water partition coefficient (Wildman–Crippen LogP) is 3.09.